The SMILES string of the molecule is CCOP(=O)(CC(CO[Si](C)(C)C(C)(C)C)O[Si](C)(C)C(C)(C)C)OCC. The number of hydrogen-bond acceptors (Lipinski definition) is 5. The van der Waals surface area contributed by atoms with Crippen molar-refractivity contribution in [2.45, 2.75) is 97.8 Å². The Morgan fingerprint density at radius 1 is 0.815 bits per heavy atom. The van der Waals surface area contributed by atoms with Gasteiger partial charge < -0.3 is 17.9 Å². The van der Waals surface area contributed by atoms with E-state index in [0.29, 0.717) is 19.8 Å². The molecule has 0 fully saturated rings. The van der Waals surface area contributed by atoms with Crippen molar-refractivity contribution in [2.75, 3.05) is 26.0 Å². The van der Waals surface area contributed by atoms with Crippen LogP contribution in [-0.2, 0) is 22.5 Å². The highest BCUT2D eigenvalue weighted by molar-refractivity contribution is 7.53. The molecule has 27 heavy (non-hydrogen) atoms. The van der Waals surface area contributed by atoms with E-state index in [2.05, 4.69) is 67.7 Å². The first-order valence-corrected chi connectivity index (χ1v) is 17.6. The molecular weight excluding hydrogens is 395 g/mol. The quantitative estimate of drug-likeness (QED) is 0.265. The molecule has 0 aromatic carbocycles. The minimum Gasteiger partial charge on any atom is -0.414 e. The Kier molecular flexibility index (Phi) is 10.2. The van der Waals surface area contributed by atoms with Crippen molar-refractivity contribution in [3.05, 3.63) is 0 Å². The molecule has 0 rings (SSSR count). The molecule has 0 saturated carbocycles. The molecule has 0 radical (unpaired) electrons. The highest BCUT2D eigenvalue weighted by Gasteiger charge is 2.43. The molecule has 0 aromatic heterocycles. The van der Waals surface area contributed by atoms with Crippen LogP contribution in [0.25, 0.3) is 0 Å². The van der Waals surface area contributed by atoms with E-state index in [9.17, 15) is 4.57 Å². The van der Waals surface area contributed by atoms with Gasteiger partial charge in [-0.25, -0.2) is 0 Å². The first kappa shape index (κ1) is 27.5. The largest absolute Gasteiger partial charge is 0.414 e. The van der Waals surface area contributed by atoms with E-state index in [1.807, 2.05) is 13.8 Å². The molecule has 0 spiro atoms. The molecular formula is C19H45O5PSi2. The average Bonchev–Trinajstić information content (AvgIpc) is 2.42. The van der Waals surface area contributed by atoms with Crippen LogP contribution in [0, 0.1) is 0 Å². The Morgan fingerprint density at radius 2 is 1.22 bits per heavy atom. The van der Waals surface area contributed by atoms with Crippen LogP contribution >= 0.6 is 7.60 Å². The summed E-state index contributed by atoms with van der Waals surface area (Å²) >= 11 is 0. The second-order valence-electron chi connectivity index (χ2n) is 10.2. The van der Waals surface area contributed by atoms with Crippen molar-refractivity contribution in [3.8, 4) is 0 Å². The molecule has 0 heterocycles. The first-order valence-electron chi connectivity index (χ1n) is 10.1. The fourth-order valence-electron chi connectivity index (χ4n) is 2.02. The molecule has 0 N–H and O–H groups in total. The van der Waals surface area contributed by atoms with Gasteiger partial charge in [0.1, 0.15) is 0 Å². The monoisotopic (exact) mass is 440 g/mol. The maximum Gasteiger partial charge on any atom is 0.333 e. The average molecular weight is 441 g/mol. The topological polar surface area (TPSA) is 54.0 Å². The Labute approximate surface area is 170 Å². The Hall–Kier alpha value is 0.504. The fraction of sp³-hybridized carbons (Fsp3) is 1.00. The smallest absolute Gasteiger partial charge is 0.333 e. The molecule has 1 unspecified atom stereocenters. The summed E-state index contributed by atoms with van der Waals surface area (Å²) in [7, 11) is -7.19. The normalized spacial score (nSPS) is 15.9. The van der Waals surface area contributed by atoms with Gasteiger partial charge in [-0.05, 0) is 50.1 Å². The minimum absolute atomic E-state index is 0.0590. The van der Waals surface area contributed by atoms with E-state index in [1.54, 1.807) is 0 Å². The molecule has 1 atom stereocenters. The van der Waals surface area contributed by atoms with Crippen LogP contribution in [0.15, 0.2) is 0 Å². The van der Waals surface area contributed by atoms with Gasteiger partial charge in [-0.2, -0.15) is 0 Å². The van der Waals surface area contributed by atoms with Crippen LogP contribution in [0.3, 0.4) is 0 Å². The maximum atomic E-state index is 13.1. The molecule has 0 bridgehead atoms. The lowest BCUT2D eigenvalue weighted by Crippen LogP contribution is -2.48. The van der Waals surface area contributed by atoms with Crippen molar-refractivity contribution in [2.24, 2.45) is 0 Å². The van der Waals surface area contributed by atoms with Crippen molar-refractivity contribution < 1.29 is 22.5 Å². The standard InChI is InChI=1S/C19H45O5PSi2/c1-13-21-25(20,22-14-2)16-17(24-27(11,12)19(6,7)8)15-23-26(9,10)18(3,4)5/h17H,13-16H2,1-12H3. The van der Waals surface area contributed by atoms with E-state index >= 15 is 0 Å². The summed E-state index contributed by atoms with van der Waals surface area (Å²) < 4.78 is 37.2. The Balaban J connectivity index is 5.53. The van der Waals surface area contributed by atoms with Gasteiger partial charge in [-0.1, -0.05) is 41.5 Å². The summed E-state index contributed by atoms with van der Waals surface area (Å²) in [6, 6.07) is 0. The molecule has 5 nitrogen and oxygen atoms in total. The van der Waals surface area contributed by atoms with Crippen molar-refractivity contribution in [1.82, 2.24) is 0 Å². The number of rotatable bonds is 11. The summed E-state index contributed by atoms with van der Waals surface area (Å²) in [6.45, 7) is 26.9. The van der Waals surface area contributed by atoms with E-state index in [0.717, 1.165) is 0 Å². The number of hydrogen-bond donors (Lipinski definition) is 0. The molecule has 0 aliphatic heterocycles. The van der Waals surface area contributed by atoms with Crippen molar-refractivity contribution >= 4 is 24.2 Å². The van der Waals surface area contributed by atoms with Crippen LogP contribution in [0.5, 0.6) is 0 Å². The molecule has 164 valence electrons. The molecule has 0 aliphatic rings. The zero-order chi connectivity index (χ0) is 21.7. The lowest BCUT2D eigenvalue weighted by molar-refractivity contribution is 0.113. The zero-order valence-electron chi connectivity index (χ0n) is 19.9. The van der Waals surface area contributed by atoms with Crippen LogP contribution < -0.4 is 0 Å². The molecule has 0 aliphatic carbocycles. The highest BCUT2D eigenvalue weighted by Crippen LogP contribution is 2.50. The molecule has 8 heteroatoms. The lowest BCUT2D eigenvalue weighted by atomic mass is 10.2. The van der Waals surface area contributed by atoms with E-state index in [1.165, 1.54) is 0 Å². The third kappa shape index (κ3) is 8.81. The van der Waals surface area contributed by atoms with Gasteiger partial charge in [0.2, 0.25) is 0 Å². The predicted molar refractivity (Wildman–Crippen MR) is 121 cm³/mol. The van der Waals surface area contributed by atoms with Gasteiger partial charge in [0, 0.05) is 0 Å². The molecule has 0 amide bonds. The third-order valence-electron chi connectivity index (χ3n) is 5.78. The Bertz CT molecular complexity index is 485. The van der Waals surface area contributed by atoms with Crippen LogP contribution in [0.4, 0.5) is 0 Å². The van der Waals surface area contributed by atoms with Crippen molar-refractivity contribution in [3.63, 3.8) is 0 Å². The van der Waals surface area contributed by atoms with Gasteiger partial charge in [0.25, 0.3) is 0 Å². The third-order valence-corrected chi connectivity index (χ3v) is 17.0. The van der Waals surface area contributed by atoms with E-state index in [4.69, 9.17) is 17.9 Å². The first-order chi connectivity index (χ1) is 11.9. The van der Waals surface area contributed by atoms with E-state index < -0.39 is 24.2 Å². The summed E-state index contributed by atoms with van der Waals surface area (Å²) in [4.78, 5) is 0. The zero-order valence-corrected chi connectivity index (χ0v) is 22.8. The molecule has 0 aromatic rings. The maximum absolute atomic E-state index is 13.1. The summed E-state index contributed by atoms with van der Waals surface area (Å²) in [5.41, 5.74) is 0. The van der Waals surface area contributed by atoms with Gasteiger partial charge in [-0.15, -0.1) is 0 Å². The second-order valence-corrected chi connectivity index (χ2v) is 21.9. The van der Waals surface area contributed by atoms with Gasteiger partial charge in [-0.3, -0.25) is 4.57 Å². The van der Waals surface area contributed by atoms with Crippen molar-refractivity contribution in [1.29, 1.82) is 0 Å². The summed E-state index contributed by atoms with van der Waals surface area (Å²) in [6.07, 6.45) is -0.0699. The van der Waals surface area contributed by atoms with Gasteiger partial charge in [0.05, 0.1) is 32.1 Å². The predicted octanol–water partition coefficient (Wildman–Crippen LogP) is 6.66. The Morgan fingerprint density at radius 3 is 1.56 bits per heavy atom. The molecule has 0 saturated heterocycles. The summed E-state index contributed by atoms with van der Waals surface area (Å²) in [5.74, 6) is 0. The van der Waals surface area contributed by atoms with Gasteiger partial charge in [0.15, 0.2) is 16.6 Å². The lowest BCUT2D eigenvalue weighted by Gasteiger charge is -2.42. The second kappa shape index (κ2) is 10.0. The van der Waals surface area contributed by atoms with Crippen LogP contribution in [0.2, 0.25) is 36.3 Å². The van der Waals surface area contributed by atoms with E-state index in [-0.39, 0.29) is 22.3 Å². The van der Waals surface area contributed by atoms with Gasteiger partial charge >= 0.3 is 7.60 Å². The summed E-state index contributed by atoms with van der Waals surface area (Å²) in [5, 5.41) is 0.168. The van der Waals surface area contributed by atoms with Crippen LogP contribution in [0.1, 0.15) is 55.4 Å². The fourth-order valence-corrected chi connectivity index (χ4v) is 6.29. The minimum atomic E-state index is -3.20. The highest BCUT2D eigenvalue weighted by atomic mass is 31.2. The van der Waals surface area contributed by atoms with Crippen LogP contribution in [-0.4, -0.2) is 48.7 Å².